The van der Waals surface area contributed by atoms with Crippen molar-refractivity contribution in [2.24, 2.45) is 0 Å². The van der Waals surface area contributed by atoms with Crippen molar-refractivity contribution in [1.29, 1.82) is 0 Å². The van der Waals surface area contributed by atoms with Gasteiger partial charge in [0.2, 0.25) is 5.95 Å². The summed E-state index contributed by atoms with van der Waals surface area (Å²) in [5.74, 6) is 2.35. The predicted molar refractivity (Wildman–Crippen MR) is 119 cm³/mol. The monoisotopic (exact) mass is 418 g/mol. The Balaban J connectivity index is 1.49. The third kappa shape index (κ3) is 4.25. The molecule has 0 saturated carbocycles. The minimum absolute atomic E-state index is 0.331. The van der Waals surface area contributed by atoms with E-state index in [0.29, 0.717) is 42.9 Å². The van der Waals surface area contributed by atoms with Gasteiger partial charge in [-0.2, -0.15) is 9.97 Å². The van der Waals surface area contributed by atoms with Gasteiger partial charge in [-0.15, -0.1) is 0 Å². The van der Waals surface area contributed by atoms with Gasteiger partial charge >= 0.3 is 0 Å². The maximum absolute atomic E-state index is 13.8. The number of fused-ring (bicyclic) bond motifs is 1. The van der Waals surface area contributed by atoms with Crippen LogP contribution < -0.4 is 15.5 Å². The van der Waals surface area contributed by atoms with E-state index in [-0.39, 0.29) is 0 Å². The molecule has 8 nitrogen and oxygen atoms in total. The zero-order chi connectivity index (χ0) is 21.4. The highest BCUT2D eigenvalue weighted by molar-refractivity contribution is 5.66. The topological polar surface area (TPSA) is 83.3 Å². The van der Waals surface area contributed by atoms with E-state index < -0.39 is 6.17 Å². The predicted octanol–water partition coefficient (Wildman–Crippen LogP) is 4.17. The van der Waals surface area contributed by atoms with Gasteiger partial charge in [-0.3, -0.25) is 0 Å². The van der Waals surface area contributed by atoms with Crippen LogP contribution >= 0.6 is 0 Å². The molecule has 1 aliphatic rings. The molecule has 4 aromatic heterocycles. The Morgan fingerprint density at radius 2 is 1.87 bits per heavy atom. The van der Waals surface area contributed by atoms with Gasteiger partial charge in [-0.1, -0.05) is 0 Å². The second kappa shape index (κ2) is 7.82. The highest BCUT2D eigenvalue weighted by Gasteiger charge is 2.24. The summed E-state index contributed by atoms with van der Waals surface area (Å²) in [4.78, 5) is 20.0. The first-order valence-corrected chi connectivity index (χ1v) is 10.2. The summed E-state index contributed by atoms with van der Waals surface area (Å²) >= 11 is 0. The molecule has 0 spiro atoms. The zero-order valence-corrected chi connectivity index (χ0v) is 17.4. The quantitative estimate of drug-likeness (QED) is 0.503. The molecule has 0 aromatic carbocycles. The molecule has 1 atom stereocenters. The summed E-state index contributed by atoms with van der Waals surface area (Å²) in [6.45, 7) is 4.91. The van der Waals surface area contributed by atoms with Crippen LogP contribution in [0.25, 0.3) is 5.65 Å². The van der Waals surface area contributed by atoms with Crippen LogP contribution in [0.3, 0.4) is 0 Å². The van der Waals surface area contributed by atoms with E-state index in [1.54, 1.807) is 6.20 Å². The summed E-state index contributed by atoms with van der Waals surface area (Å²) in [5.41, 5.74) is 3.68. The Morgan fingerprint density at radius 1 is 1.00 bits per heavy atom. The Morgan fingerprint density at radius 3 is 2.68 bits per heavy atom. The Hall–Kier alpha value is -3.75. The molecular weight excluding hydrogens is 395 g/mol. The number of nitrogens with zero attached hydrogens (tertiary/aromatic N) is 6. The van der Waals surface area contributed by atoms with Crippen molar-refractivity contribution in [2.75, 3.05) is 28.6 Å². The van der Waals surface area contributed by atoms with Crippen LogP contribution in [0.5, 0.6) is 0 Å². The van der Waals surface area contributed by atoms with Crippen LogP contribution in [-0.2, 0) is 0 Å². The molecular formula is C22H23FN8. The number of rotatable bonds is 5. The van der Waals surface area contributed by atoms with Gasteiger partial charge in [-0.25, -0.2) is 14.4 Å². The molecule has 1 saturated heterocycles. The Kier molecular flexibility index (Phi) is 4.85. The Bertz CT molecular complexity index is 1220. The molecule has 1 aliphatic heterocycles. The van der Waals surface area contributed by atoms with Gasteiger partial charge in [0.15, 0.2) is 0 Å². The van der Waals surface area contributed by atoms with Crippen LogP contribution in [0.15, 0.2) is 48.9 Å². The minimum Gasteiger partial charge on any atom is -0.353 e. The van der Waals surface area contributed by atoms with Crippen molar-refractivity contribution in [2.45, 2.75) is 26.4 Å². The van der Waals surface area contributed by atoms with E-state index in [2.05, 4.69) is 30.6 Å². The van der Waals surface area contributed by atoms with Crippen molar-refractivity contribution < 1.29 is 4.39 Å². The molecule has 0 amide bonds. The minimum atomic E-state index is -0.841. The highest BCUT2D eigenvalue weighted by Crippen LogP contribution is 2.26. The fraction of sp³-hybridized carbons (Fsp3) is 0.273. The number of aromatic nitrogens is 5. The molecule has 31 heavy (non-hydrogen) atoms. The number of alkyl halides is 1. The summed E-state index contributed by atoms with van der Waals surface area (Å²) in [7, 11) is 0. The van der Waals surface area contributed by atoms with Crippen LogP contribution in [0.4, 0.5) is 33.5 Å². The van der Waals surface area contributed by atoms with E-state index in [9.17, 15) is 4.39 Å². The van der Waals surface area contributed by atoms with Gasteiger partial charge in [0.25, 0.3) is 0 Å². The van der Waals surface area contributed by atoms with Crippen LogP contribution in [0.1, 0.15) is 17.7 Å². The van der Waals surface area contributed by atoms with Crippen LogP contribution in [0.2, 0.25) is 0 Å². The van der Waals surface area contributed by atoms with Gasteiger partial charge in [0.1, 0.15) is 29.3 Å². The smallest absolute Gasteiger partial charge is 0.232 e. The molecule has 0 unspecified atom stereocenters. The van der Waals surface area contributed by atoms with Crippen molar-refractivity contribution >= 4 is 34.7 Å². The fourth-order valence-electron chi connectivity index (χ4n) is 3.80. The first-order chi connectivity index (χ1) is 15.0. The largest absolute Gasteiger partial charge is 0.353 e. The van der Waals surface area contributed by atoms with E-state index in [1.807, 2.05) is 65.9 Å². The second-order valence-electron chi connectivity index (χ2n) is 7.80. The molecule has 9 heteroatoms. The first-order valence-electron chi connectivity index (χ1n) is 10.2. The summed E-state index contributed by atoms with van der Waals surface area (Å²) < 4.78 is 15.8. The summed E-state index contributed by atoms with van der Waals surface area (Å²) in [6, 6.07) is 9.67. The zero-order valence-electron chi connectivity index (χ0n) is 17.4. The SMILES string of the molecule is Cc1cc(C)nc(Nc2nc(Nc3ccn4ccnc4c3)cc(N3CC[C@H](F)C3)n2)c1. The standard InChI is InChI=1S/C22H23FN8/c1-14-9-15(2)25-18(10-14)27-22-28-19(12-21(29-22)31-6-3-16(23)13-31)26-17-4-7-30-8-5-24-20(30)11-17/h4-5,7-12,16H,3,6,13H2,1-2H3,(H2,25,26,27,28,29)/t16-/m0/s1. The van der Waals surface area contributed by atoms with E-state index in [0.717, 1.165) is 22.6 Å². The highest BCUT2D eigenvalue weighted by atomic mass is 19.1. The molecule has 158 valence electrons. The number of hydrogen-bond acceptors (Lipinski definition) is 7. The normalized spacial score (nSPS) is 16.1. The molecule has 2 N–H and O–H groups in total. The Labute approximate surface area is 179 Å². The maximum atomic E-state index is 13.8. The molecule has 0 aliphatic carbocycles. The van der Waals surface area contributed by atoms with Crippen LogP contribution in [-0.4, -0.2) is 43.6 Å². The van der Waals surface area contributed by atoms with Crippen molar-refractivity contribution in [3.05, 3.63) is 60.2 Å². The van der Waals surface area contributed by atoms with Gasteiger partial charge < -0.3 is 19.9 Å². The third-order valence-electron chi connectivity index (χ3n) is 5.18. The molecule has 5 heterocycles. The number of aryl methyl sites for hydroxylation is 2. The summed E-state index contributed by atoms with van der Waals surface area (Å²) in [6.07, 6.45) is 5.24. The molecule has 0 radical (unpaired) electrons. The number of pyridine rings is 2. The number of hydrogen-bond donors (Lipinski definition) is 2. The summed E-state index contributed by atoms with van der Waals surface area (Å²) in [5, 5.41) is 6.53. The van der Waals surface area contributed by atoms with Gasteiger partial charge in [0.05, 0.1) is 6.54 Å². The number of imidazole rings is 1. The van der Waals surface area contributed by atoms with Crippen LogP contribution in [0, 0.1) is 13.8 Å². The third-order valence-corrected chi connectivity index (χ3v) is 5.18. The molecule has 1 fully saturated rings. The van der Waals surface area contributed by atoms with Gasteiger partial charge in [-0.05, 0) is 44.0 Å². The lowest BCUT2D eigenvalue weighted by Crippen LogP contribution is -2.22. The molecule has 5 rings (SSSR count). The first kappa shape index (κ1) is 19.2. The second-order valence-corrected chi connectivity index (χ2v) is 7.80. The number of anilines is 5. The van der Waals surface area contributed by atoms with E-state index in [4.69, 9.17) is 0 Å². The average Bonchev–Trinajstić information content (AvgIpc) is 3.35. The van der Waals surface area contributed by atoms with Crippen molar-refractivity contribution in [3.63, 3.8) is 0 Å². The van der Waals surface area contributed by atoms with Gasteiger partial charge in [0, 0.05) is 48.6 Å². The number of nitrogens with one attached hydrogen (secondary N) is 2. The lowest BCUT2D eigenvalue weighted by atomic mass is 10.2. The molecule has 4 aromatic rings. The molecule has 0 bridgehead atoms. The van der Waals surface area contributed by atoms with Crippen molar-refractivity contribution in [3.8, 4) is 0 Å². The van der Waals surface area contributed by atoms with E-state index in [1.165, 1.54) is 0 Å². The lowest BCUT2D eigenvalue weighted by molar-refractivity contribution is 0.364. The lowest BCUT2D eigenvalue weighted by Gasteiger charge is -2.19. The average molecular weight is 418 g/mol. The van der Waals surface area contributed by atoms with E-state index >= 15 is 0 Å². The maximum Gasteiger partial charge on any atom is 0.232 e. The fourth-order valence-corrected chi connectivity index (χ4v) is 3.80. The number of halogens is 1. The van der Waals surface area contributed by atoms with Crippen molar-refractivity contribution in [1.82, 2.24) is 24.3 Å².